The van der Waals surface area contributed by atoms with Crippen molar-refractivity contribution in [3.63, 3.8) is 0 Å². The summed E-state index contributed by atoms with van der Waals surface area (Å²) in [5.41, 5.74) is 7.37. The van der Waals surface area contributed by atoms with Gasteiger partial charge in [-0.3, -0.25) is 0 Å². The molecular weight excluding hydrogens is 232 g/mol. The van der Waals surface area contributed by atoms with Crippen LogP contribution in [0.1, 0.15) is 18.9 Å². The first-order valence-corrected chi connectivity index (χ1v) is 5.79. The number of nitrogens with two attached hydrogens (primary N) is 1. The molecule has 3 N–H and O–H groups in total. The Morgan fingerprint density at radius 2 is 2.33 bits per heavy atom. The van der Waals surface area contributed by atoms with Gasteiger partial charge >= 0.3 is 0 Å². The van der Waals surface area contributed by atoms with E-state index in [1.54, 1.807) is 12.5 Å². The highest BCUT2D eigenvalue weighted by atomic mass is 16.5. The van der Waals surface area contributed by atoms with Crippen molar-refractivity contribution < 1.29 is 9.15 Å². The summed E-state index contributed by atoms with van der Waals surface area (Å²) in [6.07, 6.45) is 5.62. The van der Waals surface area contributed by atoms with E-state index in [2.05, 4.69) is 15.3 Å². The van der Waals surface area contributed by atoms with Gasteiger partial charge in [0.25, 0.3) is 0 Å². The summed E-state index contributed by atoms with van der Waals surface area (Å²) in [4.78, 5) is 8.09. The van der Waals surface area contributed by atoms with Gasteiger partial charge in [0.2, 0.25) is 5.88 Å². The fourth-order valence-corrected chi connectivity index (χ4v) is 1.41. The Morgan fingerprint density at radius 3 is 3.06 bits per heavy atom. The average Bonchev–Trinajstić information content (AvgIpc) is 2.89. The zero-order valence-electron chi connectivity index (χ0n) is 10.2. The van der Waals surface area contributed by atoms with Crippen molar-refractivity contribution in [2.45, 2.75) is 19.9 Å². The van der Waals surface area contributed by atoms with Crippen LogP contribution >= 0.6 is 0 Å². The van der Waals surface area contributed by atoms with Gasteiger partial charge in [-0.1, -0.05) is 6.92 Å². The molecule has 0 bridgehead atoms. The number of nitrogens with one attached hydrogen (secondary N) is 1. The Bertz CT molecular complexity index is 485. The smallest absolute Gasteiger partial charge is 0.242 e. The molecule has 0 radical (unpaired) electrons. The fraction of sp³-hybridized carbons (Fsp3) is 0.333. The molecule has 2 aromatic heterocycles. The summed E-state index contributed by atoms with van der Waals surface area (Å²) >= 11 is 0. The maximum Gasteiger partial charge on any atom is 0.242 e. The zero-order valence-corrected chi connectivity index (χ0v) is 10.2. The van der Waals surface area contributed by atoms with Gasteiger partial charge in [0.15, 0.2) is 5.82 Å². The number of hydrogen-bond acceptors (Lipinski definition) is 6. The largest absolute Gasteiger partial charge is 0.476 e. The van der Waals surface area contributed by atoms with E-state index in [9.17, 15) is 0 Å². The van der Waals surface area contributed by atoms with Crippen LogP contribution in [-0.2, 0) is 6.54 Å². The topological polar surface area (TPSA) is 86.2 Å². The normalized spacial score (nSPS) is 10.3. The Kier molecular flexibility index (Phi) is 4.01. The number of ether oxygens (including phenoxy) is 1. The Balaban J connectivity index is 2.03. The number of aromatic nitrogens is 2. The van der Waals surface area contributed by atoms with E-state index in [4.69, 9.17) is 14.9 Å². The lowest BCUT2D eigenvalue weighted by Gasteiger charge is -2.10. The van der Waals surface area contributed by atoms with Crippen molar-refractivity contribution in [1.82, 2.24) is 9.97 Å². The molecule has 0 aliphatic rings. The van der Waals surface area contributed by atoms with Gasteiger partial charge in [-0.15, -0.1) is 0 Å². The first-order valence-electron chi connectivity index (χ1n) is 5.79. The quantitative estimate of drug-likeness (QED) is 0.813. The highest BCUT2D eigenvalue weighted by Crippen LogP contribution is 2.24. The standard InChI is InChI=1S/C12H16N4O2/c1-2-4-18-12-10(13)11(15-8-16-12)14-6-9-3-5-17-7-9/h3,5,7-8H,2,4,6,13H2,1H3,(H,14,15,16). The minimum Gasteiger partial charge on any atom is -0.476 e. The first-order chi connectivity index (χ1) is 8.81. The van der Waals surface area contributed by atoms with Gasteiger partial charge in [-0.05, 0) is 12.5 Å². The molecule has 18 heavy (non-hydrogen) atoms. The molecule has 2 heterocycles. The summed E-state index contributed by atoms with van der Waals surface area (Å²) in [6, 6.07) is 1.87. The molecule has 0 atom stereocenters. The summed E-state index contributed by atoms with van der Waals surface area (Å²) in [7, 11) is 0. The van der Waals surface area contributed by atoms with Crippen LogP contribution in [0.25, 0.3) is 0 Å². The van der Waals surface area contributed by atoms with Crippen molar-refractivity contribution in [3.8, 4) is 5.88 Å². The molecule has 0 unspecified atom stereocenters. The number of furan rings is 1. The molecular formula is C12H16N4O2. The molecule has 0 aliphatic heterocycles. The molecule has 0 saturated heterocycles. The molecule has 6 heteroatoms. The van der Waals surface area contributed by atoms with Crippen LogP contribution in [0.5, 0.6) is 5.88 Å². The van der Waals surface area contributed by atoms with E-state index in [0.29, 0.717) is 30.5 Å². The molecule has 0 amide bonds. The molecule has 2 rings (SSSR count). The first kappa shape index (κ1) is 12.2. The third kappa shape index (κ3) is 2.91. The van der Waals surface area contributed by atoms with Crippen molar-refractivity contribution >= 4 is 11.5 Å². The van der Waals surface area contributed by atoms with E-state index < -0.39 is 0 Å². The monoisotopic (exact) mass is 248 g/mol. The lowest BCUT2D eigenvalue weighted by atomic mass is 10.3. The predicted molar refractivity (Wildman–Crippen MR) is 68.3 cm³/mol. The lowest BCUT2D eigenvalue weighted by Crippen LogP contribution is -2.08. The average molecular weight is 248 g/mol. The van der Waals surface area contributed by atoms with Gasteiger partial charge in [-0.25, -0.2) is 4.98 Å². The molecule has 2 aromatic rings. The van der Waals surface area contributed by atoms with Crippen LogP contribution < -0.4 is 15.8 Å². The second-order valence-electron chi connectivity index (χ2n) is 3.77. The third-order valence-electron chi connectivity index (χ3n) is 2.33. The molecule has 0 saturated carbocycles. The summed E-state index contributed by atoms with van der Waals surface area (Å²) in [5, 5.41) is 3.12. The predicted octanol–water partition coefficient (Wildman–Crippen LogP) is 2.05. The van der Waals surface area contributed by atoms with Crippen LogP contribution in [0, 0.1) is 0 Å². The Hall–Kier alpha value is -2.24. The summed E-state index contributed by atoms with van der Waals surface area (Å²) in [6.45, 7) is 3.20. The Morgan fingerprint density at radius 1 is 1.44 bits per heavy atom. The van der Waals surface area contributed by atoms with Gasteiger partial charge in [0, 0.05) is 12.1 Å². The number of hydrogen-bond donors (Lipinski definition) is 2. The number of nitrogen functional groups attached to an aromatic ring is 1. The summed E-state index contributed by atoms with van der Waals surface area (Å²) < 4.78 is 10.4. The van der Waals surface area contributed by atoms with Gasteiger partial charge in [-0.2, -0.15) is 4.98 Å². The van der Waals surface area contributed by atoms with E-state index in [1.807, 2.05) is 13.0 Å². The summed E-state index contributed by atoms with van der Waals surface area (Å²) in [5.74, 6) is 0.985. The highest BCUT2D eigenvalue weighted by Gasteiger charge is 2.08. The van der Waals surface area contributed by atoms with E-state index >= 15 is 0 Å². The van der Waals surface area contributed by atoms with Gasteiger partial charge < -0.3 is 20.2 Å². The Labute approximate surface area is 105 Å². The van der Waals surface area contributed by atoms with E-state index in [1.165, 1.54) is 6.33 Å². The van der Waals surface area contributed by atoms with Crippen molar-refractivity contribution in [1.29, 1.82) is 0 Å². The van der Waals surface area contributed by atoms with Crippen LogP contribution in [0.4, 0.5) is 11.5 Å². The van der Waals surface area contributed by atoms with Gasteiger partial charge in [0.05, 0.1) is 19.1 Å². The van der Waals surface area contributed by atoms with Gasteiger partial charge in [0.1, 0.15) is 12.0 Å². The minimum atomic E-state index is 0.418. The van der Waals surface area contributed by atoms with E-state index in [0.717, 1.165) is 12.0 Å². The maximum atomic E-state index is 5.93. The number of anilines is 2. The molecule has 0 spiro atoms. The van der Waals surface area contributed by atoms with Crippen molar-refractivity contribution in [2.75, 3.05) is 17.7 Å². The zero-order chi connectivity index (χ0) is 12.8. The van der Waals surface area contributed by atoms with Crippen LogP contribution in [0.3, 0.4) is 0 Å². The second kappa shape index (κ2) is 5.90. The second-order valence-corrected chi connectivity index (χ2v) is 3.77. The molecule has 96 valence electrons. The molecule has 0 aromatic carbocycles. The molecule has 0 fully saturated rings. The number of rotatable bonds is 6. The van der Waals surface area contributed by atoms with Crippen molar-refractivity contribution in [3.05, 3.63) is 30.5 Å². The van der Waals surface area contributed by atoms with Crippen molar-refractivity contribution in [2.24, 2.45) is 0 Å². The van der Waals surface area contributed by atoms with E-state index in [-0.39, 0.29) is 0 Å². The van der Waals surface area contributed by atoms with Crippen LogP contribution in [-0.4, -0.2) is 16.6 Å². The number of nitrogens with zero attached hydrogens (tertiary/aromatic N) is 2. The third-order valence-corrected chi connectivity index (χ3v) is 2.33. The molecule has 6 nitrogen and oxygen atoms in total. The maximum absolute atomic E-state index is 5.93. The SMILES string of the molecule is CCCOc1ncnc(NCc2ccoc2)c1N. The highest BCUT2D eigenvalue weighted by molar-refractivity contribution is 5.66. The van der Waals surface area contributed by atoms with Crippen LogP contribution in [0.15, 0.2) is 29.3 Å². The molecule has 0 aliphatic carbocycles. The van der Waals surface area contributed by atoms with Crippen LogP contribution in [0.2, 0.25) is 0 Å². The lowest BCUT2D eigenvalue weighted by molar-refractivity contribution is 0.306. The fourth-order valence-electron chi connectivity index (χ4n) is 1.41. The minimum absolute atomic E-state index is 0.418.